The van der Waals surface area contributed by atoms with E-state index in [2.05, 4.69) is 20.9 Å². The Kier molecular flexibility index (Phi) is 3.18. The second kappa shape index (κ2) is 4.59. The normalized spacial score (nSPS) is 12.7. The van der Waals surface area contributed by atoms with Gasteiger partial charge in [-0.25, -0.2) is 0 Å². The fraction of sp³-hybridized carbons (Fsp3) is 0.182. The zero-order chi connectivity index (χ0) is 10.7. The highest BCUT2D eigenvalue weighted by molar-refractivity contribution is 9.10. The maximum absolute atomic E-state index is 9.91. The van der Waals surface area contributed by atoms with Crippen LogP contribution in [0.2, 0.25) is 0 Å². The Labute approximate surface area is 95.9 Å². The molecule has 2 aromatic heterocycles. The smallest absolute Gasteiger partial charge is 0.174 e. The van der Waals surface area contributed by atoms with Gasteiger partial charge >= 0.3 is 0 Å². The second-order valence-electron chi connectivity index (χ2n) is 3.19. The lowest BCUT2D eigenvalue weighted by molar-refractivity contribution is 0.175. The Hall–Kier alpha value is -1.13. The molecule has 0 aliphatic rings. The molecule has 1 N–H and O–H groups in total. The lowest BCUT2D eigenvalue weighted by Gasteiger charge is -2.07. The lowest BCUT2D eigenvalue weighted by Crippen LogP contribution is -2.02. The van der Waals surface area contributed by atoms with Gasteiger partial charge in [0.15, 0.2) is 4.67 Å². The average Bonchev–Trinajstić information content (AvgIpc) is 2.66. The number of aliphatic hydroxyl groups is 1. The van der Waals surface area contributed by atoms with Crippen LogP contribution in [0, 0.1) is 0 Å². The van der Waals surface area contributed by atoms with Gasteiger partial charge < -0.3 is 9.52 Å². The van der Waals surface area contributed by atoms with Crippen molar-refractivity contribution in [3.8, 4) is 0 Å². The van der Waals surface area contributed by atoms with Gasteiger partial charge in [-0.2, -0.15) is 0 Å². The Balaban J connectivity index is 2.11. The molecule has 0 bridgehead atoms. The SMILES string of the molecule is OC(Cc1ccccn1)c1ccoc1Br. The van der Waals surface area contributed by atoms with E-state index < -0.39 is 6.10 Å². The molecule has 0 aliphatic heterocycles. The van der Waals surface area contributed by atoms with E-state index in [1.165, 1.54) is 0 Å². The predicted molar refractivity (Wildman–Crippen MR) is 59.3 cm³/mol. The number of hydrogen-bond acceptors (Lipinski definition) is 3. The van der Waals surface area contributed by atoms with Crippen LogP contribution >= 0.6 is 15.9 Å². The van der Waals surface area contributed by atoms with Crippen LogP contribution in [-0.4, -0.2) is 10.1 Å². The van der Waals surface area contributed by atoms with Gasteiger partial charge in [-0.1, -0.05) is 6.07 Å². The average molecular weight is 268 g/mol. The van der Waals surface area contributed by atoms with E-state index in [0.717, 1.165) is 11.3 Å². The number of furan rings is 1. The summed E-state index contributed by atoms with van der Waals surface area (Å²) in [4.78, 5) is 4.15. The van der Waals surface area contributed by atoms with Crippen LogP contribution < -0.4 is 0 Å². The van der Waals surface area contributed by atoms with Crippen molar-refractivity contribution in [1.29, 1.82) is 0 Å². The zero-order valence-corrected chi connectivity index (χ0v) is 9.52. The standard InChI is InChI=1S/C11H10BrNO2/c12-11-9(4-6-15-11)10(14)7-8-3-1-2-5-13-8/h1-6,10,14H,7H2. The molecule has 0 aliphatic carbocycles. The molecule has 0 amide bonds. The van der Waals surface area contributed by atoms with Crippen LogP contribution in [-0.2, 0) is 6.42 Å². The molecule has 78 valence electrons. The molecule has 0 radical (unpaired) electrons. The van der Waals surface area contributed by atoms with Gasteiger partial charge in [-0.05, 0) is 34.1 Å². The van der Waals surface area contributed by atoms with E-state index in [0.29, 0.717) is 11.1 Å². The summed E-state index contributed by atoms with van der Waals surface area (Å²) in [6.07, 6.45) is 3.15. The van der Waals surface area contributed by atoms with Crippen LogP contribution in [0.25, 0.3) is 0 Å². The van der Waals surface area contributed by atoms with E-state index >= 15 is 0 Å². The summed E-state index contributed by atoms with van der Waals surface area (Å²) < 4.78 is 5.63. The van der Waals surface area contributed by atoms with Gasteiger partial charge in [0.2, 0.25) is 0 Å². The molecule has 0 spiro atoms. The molecular weight excluding hydrogens is 258 g/mol. The molecule has 2 heterocycles. The fourth-order valence-corrected chi connectivity index (χ4v) is 1.87. The molecule has 4 heteroatoms. The molecule has 0 saturated carbocycles. The molecule has 1 unspecified atom stereocenters. The van der Waals surface area contributed by atoms with E-state index in [1.807, 2.05) is 18.2 Å². The minimum Gasteiger partial charge on any atom is -0.457 e. The zero-order valence-electron chi connectivity index (χ0n) is 7.93. The Morgan fingerprint density at radius 3 is 2.87 bits per heavy atom. The monoisotopic (exact) mass is 267 g/mol. The largest absolute Gasteiger partial charge is 0.457 e. The molecule has 0 aromatic carbocycles. The van der Waals surface area contributed by atoms with Crippen molar-refractivity contribution in [3.63, 3.8) is 0 Å². The second-order valence-corrected chi connectivity index (χ2v) is 3.91. The van der Waals surface area contributed by atoms with Gasteiger partial charge in [0.1, 0.15) is 0 Å². The molecule has 0 fully saturated rings. The van der Waals surface area contributed by atoms with E-state index in [-0.39, 0.29) is 0 Å². The van der Waals surface area contributed by atoms with Gasteiger partial charge in [-0.3, -0.25) is 4.98 Å². The fourth-order valence-electron chi connectivity index (χ4n) is 1.37. The minimum atomic E-state index is -0.590. The highest BCUT2D eigenvalue weighted by atomic mass is 79.9. The van der Waals surface area contributed by atoms with E-state index in [1.54, 1.807) is 18.5 Å². The van der Waals surface area contributed by atoms with Crippen LogP contribution in [0.4, 0.5) is 0 Å². The lowest BCUT2D eigenvalue weighted by atomic mass is 10.1. The number of pyridine rings is 1. The first kappa shape index (κ1) is 10.4. The first-order valence-electron chi connectivity index (χ1n) is 4.58. The van der Waals surface area contributed by atoms with Gasteiger partial charge in [0.05, 0.1) is 12.4 Å². The Morgan fingerprint density at radius 1 is 1.40 bits per heavy atom. The highest BCUT2D eigenvalue weighted by Gasteiger charge is 2.14. The third-order valence-electron chi connectivity index (χ3n) is 2.13. The molecule has 0 saturated heterocycles. The number of aromatic nitrogens is 1. The van der Waals surface area contributed by atoms with Crippen molar-refractivity contribution < 1.29 is 9.52 Å². The van der Waals surface area contributed by atoms with Gasteiger partial charge in [0.25, 0.3) is 0 Å². The van der Waals surface area contributed by atoms with E-state index in [4.69, 9.17) is 4.42 Å². The summed E-state index contributed by atoms with van der Waals surface area (Å²) in [5.41, 5.74) is 1.61. The van der Waals surface area contributed by atoms with Crippen LogP contribution in [0.5, 0.6) is 0 Å². The molecule has 15 heavy (non-hydrogen) atoms. The summed E-state index contributed by atoms with van der Waals surface area (Å²) in [6.45, 7) is 0. The number of halogens is 1. The number of aliphatic hydroxyl groups excluding tert-OH is 1. The van der Waals surface area contributed by atoms with Crippen LogP contribution in [0.1, 0.15) is 17.4 Å². The number of nitrogens with zero attached hydrogens (tertiary/aromatic N) is 1. The highest BCUT2D eigenvalue weighted by Crippen LogP contribution is 2.26. The van der Waals surface area contributed by atoms with Crippen molar-refractivity contribution in [2.45, 2.75) is 12.5 Å². The first-order chi connectivity index (χ1) is 7.27. The van der Waals surface area contributed by atoms with Crippen molar-refractivity contribution in [3.05, 3.63) is 52.7 Å². The maximum atomic E-state index is 9.91. The molecule has 3 nitrogen and oxygen atoms in total. The summed E-state index contributed by atoms with van der Waals surface area (Å²) in [5, 5.41) is 9.91. The molecule has 2 rings (SSSR count). The van der Waals surface area contributed by atoms with Crippen molar-refractivity contribution >= 4 is 15.9 Å². The number of hydrogen-bond donors (Lipinski definition) is 1. The van der Waals surface area contributed by atoms with Crippen LogP contribution in [0.15, 0.2) is 45.8 Å². The maximum Gasteiger partial charge on any atom is 0.174 e. The van der Waals surface area contributed by atoms with Crippen molar-refractivity contribution in [2.24, 2.45) is 0 Å². The Morgan fingerprint density at radius 2 is 2.27 bits per heavy atom. The summed E-state index contributed by atoms with van der Waals surface area (Å²) >= 11 is 3.23. The summed E-state index contributed by atoms with van der Waals surface area (Å²) in [6, 6.07) is 7.39. The quantitative estimate of drug-likeness (QED) is 0.930. The van der Waals surface area contributed by atoms with Crippen molar-refractivity contribution in [1.82, 2.24) is 4.98 Å². The molecular formula is C11H10BrNO2. The molecule has 2 aromatic rings. The molecule has 1 atom stereocenters. The topological polar surface area (TPSA) is 46.3 Å². The summed E-state index contributed by atoms with van der Waals surface area (Å²) in [7, 11) is 0. The number of rotatable bonds is 3. The summed E-state index contributed by atoms with van der Waals surface area (Å²) in [5.74, 6) is 0. The van der Waals surface area contributed by atoms with Gasteiger partial charge in [0, 0.05) is 23.9 Å². The minimum absolute atomic E-state index is 0.485. The third-order valence-corrected chi connectivity index (χ3v) is 2.78. The van der Waals surface area contributed by atoms with Crippen molar-refractivity contribution in [2.75, 3.05) is 0 Å². The Bertz CT molecular complexity index is 427. The van der Waals surface area contributed by atoms with Gasteiger partial charge in [-0.15, -0.1) is 0 Å². The van der Waals surface area contributed by atoms with E-state index in [9.17, 15) is 5.11 Å². The van der Waals surface area contributed by atoms with Crippen LogP contribution in [0.3, 0.4) is 0 Å². The first-order valence-corrected chi connectivity index (χ1v) is 5.37. The third kappa shape index (κ3) is 2.46. The predicted octanol–water partition coefficient (Wildman–Crippen LogP) is 2.71.